The number of ether oxygens (including phenoxy) is 1. The predicted octanol–water partition coefficient (Wildman–Crippen LogP) is 10.5. The fraction of sp³-hybridized carbons (Fsp3) is 0.469. The van der Waals surface area contributed by atoms with Crippen LogP contribution in [-0.4, -0.2) is 62.9 Å². The van der Waals surface area contributed by atoms with Gasteiger partial charge in [-0.25, -0.2) is 9.59 Å². The molecule has 0 saturated carbocycles. The van der Waals surface area contributed by atoms with Crippen LogP contribution in [0.2, 0.25) is 0 Å². The molecule has 4 atom stereocenters. The molecular formula is C49H62N2O9S. The summed E-state index contributed by atoms with van der Waals surface area (Å²) in [5.41, 5.74) is 3.69. The van der Waals surface area contributed by atoms with Gasteiger partial charge in [0.1, 0.15) is 17.2 Å². The van der Waals surface area contributed by atoms with E-state index in [9.17, 15) is 29.4 Å². The van der Waals surface area contributed by atoms with Gasteiger partial charge in [0.2, 0.25) is 11.8 Å². The standard InChI is InChI=1S/C25H33NO4S.C24H29NO5/c1-2-3-4-5-9-22(27)18-10-12-20(13-11-18)26-19(14-17-24(26)28)7-6-8-21-15-16-23(31-21)25(29)30;1-2-3-4-5-22(26)17-6-10-19(11-7-17)25-20(12-15-23(25)27)16-30-21-13-8-18(9-14-21)24(28)29/h10-13,15-16,19,22,27H,2-9,14,17H2,1H3,(H,29,30);6-11,13-14,20,22,26H,2-5,12,15-16H2,1H3,(H,28,29)/t19-,22+;20-,22?/m01/s1. The lowest BCUT2D eigenvalue weighted by Crippen LogP contribution is -2.37. The van der Waals surface area contributed by atoms with Crippen molar-refractivity contribution in [1.29, 1.82) is 0 Å². The van der Waals surface area contributed by atoms with Crippen molar-refractivity contribution in [2.24, 2.45) is 0 Å². The Labute approximate surface area is 364 Å². The van der Waals surface area contributed by atoms with E-state index in [0.29, 0.717) is 36.5 Å². The quantitative estimate of drug-likeness (QED) is 0.0563. The number of carboxylic acid groups (broad SMARTS) is 2. The molecule has 1 aromatic heterocycles. The molecular weight excluding hydrogens is 793 g/mol. The smallest absolute Gasteiger partial charge is 0.345 e. The summed E-state index contributed by atoms with van der Waals surface area (Å²) in [5.74, 6) is -1.07. The highest BCUT2D eigenvalue weighted by molar-refractivity contribution is 7.13. The summed E-state index contributed by atoms with van der Waals surface area (Å²) >= 11 is 1.33. The van der Waals surface area contributed by atoms with Gasteiger partial charge in [0, 0.05) is 35.1 Å². The minimum Gasteiger partial charge on any atom is -0.491 e. The summed E-state index contributed by atoms with van der Waals surface area (Å²) in [6.07, 6.45) is 13.6. The lowest BCUT2D eigenvalue weighted by Gasteiger charge is -2.25. The summed E-state index contributed by atoms with van der Waals surface area (Å²) in [7, 11) is 0. The second-order valence-corrected chi connectivity index (χ2v) is 17.2. The Balaban J connectivity index is 0.000000231. The third-order valence-electron chi connectivity index (χ3n) is 11.6. The zero-order valence-electron chi connectivity index (χ0n) is 35.5. The second-order valence-electron chi connectivity index (χ2n) is 16.1. The molecule has 0 radical (unpaired) electrons. The van der Waals surface area contributed by atoms with Crippen LogP contribution in [0.5, 0.6) is 5.75 Å². The third-order valence-corrected chi connectivity index (χ3v) is 12.7. The lowest BCUT2D eigenvalue weighted by atomic mass is 10.0. The van der Waals surface area contributed by atoms with Gasteiger partial charge < -0.3 is 35.0 Å². The molecule has 2 aliphatic heterocycles. The fourth-order valence-electron chi connectivity index (χ4n) is 8.05. The SMILES string of the molecule is CCCCCC(O)c1ccc(N2C(=O)CC[C@@H]2COc2ccc(C(=O)O)cc2)cc1.CCCCCC[C@@H](O)c1ccc(N2C(=O)CC[C@@H]2CCCc2ccc(C(=O)O)s2)cc1. The Kier molecular flexibility index (Phi) is 18.4. The maximum absolute atomic E-state index is 12.5. The molecule has 1 unspecified atom stereocenters. The van der Waals surface area contributed by atoms with Crippen LogP contribution in [0.3, 0.4) is 0 Å². The maximum atomic E-state index is 12.5. The summed E-state index contributed by atoms with van der Waals surface area (Å²) in [6.45, 7) is 4.65. The van der Waals surface area contributed by atoms with E-state index in [0.717, 1.165) is 98.0 Å². The highest BCUT2D eigenvalue weighted by Crippen LogP contribution is 2.33. The van der Waals surface area contributed by atoms with Gasteiger partial charge >= 0.3 is 11.9 Å². The van der Waals surface area contributed by atoms with Crippen molar-refractivity contribution in [3.8, 4) is 5.75 Å². The zero-order valence-corrected chi connectivity index (χ0v) is 36.4. The number of anilines is 2. The van der Waals surface area contributed by atoms with E-state index in [1.54, 1.807) is 23.1 Å². The van der Waals surface area contributed by atoms with Crippen LogP contribution in [-0.2, 0) is 16.0 Å². The van der Waals surface area contributed by atoms with E-state index in [1.807, 2.05) is 59.5 Å². The number of hydrogen-bond donors (Lipinski definition) is 4. The molecule has 3 heterocycles. The number of thiophene rings is 1. The first kappa shape index (κ1) is 47.0. The summed E-state index contributed by atoms with van der Waals surface area (Å²) < 4.78 is 5.81. The number of amides is 2. The van der Waals surface area contributed by atoms with E-state index in [1.165, 1.54) is 36.3 Å². The molecule has 4 N–H and O–H groups in total. The number of benzene rings is 3. The number of carbonyl (C=O) groups excluding carboxylic acids is 2. The second kappa shape index (κ2) is 23.8. The van der Waals surface area contributed by atoms with Gasteiger partial charge in [-0.15, -0.1) is 11.3 Å². The number of carbonyl (C=O) groups is 4. The number of rotatable bonds is 22. The van der Waals surface area contributed by atoms with Gasteiger partial charge in [-0.3, -0.25) is 9.59 Å². The highest BCUT2D eigenvalue weighted by Gasteiger charge is 2.33. The Morgan fingerprint density at radius 1 is 0.656 bits per heavy atom. The molecule has 3 aromatic carbocycles. The number of hydrogen-bond acceptors (Lipinski definition) is 8. The number of aryl methyl sites for hydroxylation is 1. The largest absolute Gasteiger partial charge is 0.491 e. The first-order chi connectivity index (χ1) is 29.5. The van der Waals surface area contributed by atoms with Crippen molar-refractivity contribution < 1.29 is 44.3 Å². The Bertz CT molecular complexity index is 2000. The van der Waals surface area contributed by atoms with Gasteiger partial charge in [0.05, 0.1) is 23.8 Å². The van der Waals surface area contributed by atoms with E-state index in [-0.39, 0.29) is 29.5 Å². The molecule has 6 rings (SSSR count). The minimum atomic E-state index is -0.979. The highest BCUT2D eigenvalue weighted by atomic mass is 32.1. The van der Waals surface area contributed by atoms with Crippen molar-refractivity contribution >= 4 is 46.5 Å². The molecule has 2 saturated heterocycles. The molecule has 0 bridgehead atoms. The molecule has 11 nitrogen and oxygen atoms in total. The van der Waals surface area contributed by atoms with E-state index in [4.69, 9.17) is 14.9 Å². The summed E-state index contributed by atoms with van der Waals surface area (Å²) in [5, 5.41) is 38.8. The van der Waals surface area contributed by atoms with Crippen LogP contribution in [0.1, 0.15) is 158 Å². The van der Waals surface area contributed by atoms with Crippen LogP contribution < -0.4 is 14.5 Å². The van der Waals surface area contributed by atoms with E-state index >= 15 is 0 Å². The van der Waals surface area contributed by atoms with Gasteiger partial charge in [-0.05, 0) is 117 Å². The summed E-state index contributed by atoms with van der Waals surface area (Å²) in [6, 6.07) is 25.2. The van der Waals surface area contributed by atoms with Gasteiger partial charge in [-0.2, -0.15) is 0 Å². The van der Waals surface area contributed by atoms with Crippen molar-refractivity contribution in [3.05, 3.63) is 111 Å². The third kappa shape index (κ3) is 13.7. The molecule has 2 amide bonds. The van der Waals surface area contributed by atoms with Crippen LogP contribution in [0.15, 0.2) is 84.9 Å². The topological polar surface area (TPSA) is 165 Å². The zero-order chi connectivity index (χ0) is 43.7. The Morgan fingerprint density at radius 2 is 1.18 bits per heavy atom. The average molecular weight is 855 g/mol. The van der Waals surface area contributed by atoms with Crippen molar-refractivity contribution in [2.75, 3.05) is 16.4 Å². The van der Waals surface area contributed by atoms with Gasteiger partial charge in [-0.1, -0.05) is 83.1 Å². The molecule has 2 fully saturated rings. The van der Waals surface area contributed by atoms with E-state index in [2.05, 4.69) is 13.8 Å². The van der Waals surface area contributed by atoms with Gasteiger partial charge in [0.25, 0.3) is 0 Å². The lowest BCUT2D eigenvalue weighted by molar-refractivity contribution is -0.118. The molecule has 4 aromatic rings. The molecule has 2 aliphatic rings. The van der Waals surface area contributed by atoms with Gasteiger partial charge in [0.15, 0.2) is 0 Å². The molecule has 0 spiro atoms. The number of unbranched alkanes of at least 4 members (excludes halogenated alkanes) is 5. The van der Waals surface area contributed by atoms with Crippen molar-refractivity contribution in [2.45, 2.75) is 141 Å². The fourth-order valence-corrected chi connectivity index (χ4v) is 8.94. The van der Waals surface area contributed by atoms with E-state index < -0.39 is 24.1 Å². The van der Waals surface area contributed by atoms with Crippen LogP contribution >= 0.6 is 11.3 Å². The minimum absolute atomic E-state index is 0.0565. The Hall–Kier alpha value is -5.04. The first-order valence-corrected chi connectivity index (χ1v) is 22.8. The first-order valence-electron chi connectivity index (χ1n) is 22.0. The molecule has 12 heteroatoms. The van der Waals surface area contributed by atoms with Crippen LogP contribution in [0.4, 0.5) is 11.4 Å². The molecule has 0 aliphatic carbocycles. The normalized spacial score (nSPS) is 17.2. The number of nitrogens with zero attached hydrogens (tertiary/aromatic N) is 2. The number of aliphatic hydroxyl groups is 2. The number of carboxylic acids is 2. The van der Waals surface area contributed by atoms with Crippen LogP contribution in [0, 0.1) is 0 Å². The Morgan fingerprint density at radius 3 is 1.70 bits per heavy atom. The van der Waals surface area contributed by atoms with Crippen molar-refractivity contribution in [3.63, 3.8) is 0 Å². The maximum Gasteiger partial charge on any atom is 0.345 e. The monoisotopic (exact) mass is 854 g/mol. The number of aromatic carboxylic acids is 2. The number of aliphatic hydroxyl groups excluding tert-OH is 2. The molecule has 328 valence electrons. The van der Waals surface area contributed by atoms with Crippen LogP contribution in [0.25, 0.3) is 0 Å². The average Bonchev–Trinajstić information content (AvgIpc) is 4.00. The van der Waals surface area contributed by atoms with Crippen molar-refractivity contribution in [1.82, 2.24) is 0 Å². The summed E-state index contributed by atoms with van der Waals surface area (Å²) in [4.78, 5) is 52.1. The predicted molar refractivity (Wildman–Crippen MR) is 240 cm³/mol. The molecule has 61 heavy (non-hydrogen) atoms.